The third-order valence-electron chi connectivity index (χ3n) is 5.01. The zero-order valence-electron chi connectivity index (χ0n) is 15.0. The quantitative estimate of drug-likeness (QED) is 0.802. The zero-order chi connectivity index (χ0) is 20.0. The van der Waals surface area contributed by atoms with Gasteiger partial charge in [0.2, 0.25) is 0 Å². The molecule has 2 aliphatic carbocycles. The molecule has 2 aromatic carbocycles. The van der Waals surface area contributed by atoms with Gasteiger partial charge in [-0.25, -0.2) is 4.79 Å². The molecule has 5 heteroatoms. The lowest BCUT2D eigenvalue weighted by atomic mass is 9.76. The predicted molar refractivity (Wildman–Crippen MR) is 103 cm³/mol. The number of Topliss-reactive ketones (excluding diaryl/α,β-unsaturated/α-hetero) is 1. The van der Waals surface area contributed by atoms with E-state index in [0.29, 0.717) is 23.1 Å². The van der Waals surface area contributed by atoms with Gasteiger partial charge in [0.15, 0.2) is 11.6 Å². The van der Waals surface area contributed by atoms with Gasteiger partial charge in [0, 0.05) is 5.56 Å². The average Bonchev–Trinajstić information content (AvgIpc) is 2.65. The summed E-state index contributed by atoms with van der Waals surface area (Å²) in [6, 6.07) is 9.54. The molecule has 0 aromatic heterocycles. The van der Waals surface area contributed by atoms with Crippen molar-refractivity contribution >= 4 is 23.1 Å². The summed E-state index contributed by atoms with van der Waals surface area (Å²) in [7, 11) is 0. The van der Waals surface area contributed by atoms with Crippen LogP contribution in [0.2, 0.25) is 0 Å². The monoisotopic (exact) mass is 372 g/mol. The number of carboxylic acids is 1. The van der Waals surface area contributed by atoms with Crippen molar-refractivity contribution in [3.8, 4) is 5.75 Å². The molecule has 2 aliphatic rings. The molecule has 0 amide bonds. The molecule has 0 aliphatic heterocycles. The average molecular weight is 372 g/mol. The maximum Gasteiger partial charge on any atom is 0.336 e. The van der Waals surface area contributed by atoms with Crippen LogP contribution in [0.4, 0.5) is 0 Å². The molecule has 0 saturated carbocycles. The SMILES string of the molecule is CC(=O)c1ccc(C2=C3C=CC(=O)C=C3Cc3cc(O)ccc32)c(C(=O)O)c1. The number of carboxylic acid groups (broad SMARTS) is 1. The van der Waals surface area contributed by atoms with Crippen molar-refractivity contribution in [1.29, 1.82) is 0 Å². The van der Waals surface area contributed by atoms with E-state index >= 15 is 0 Å². The Morgan fingerprint density at radius 1 is 1.00 bits per heavy atom. The summed E-state index contributed by atoms with van der Waals surface area (Å²) >= 11 is 0. The molecule has 0 heterocycles. The van der Waals surface area contributed by atoms with Crippen molar-refractivity contribution < 1.29 is 24.6 Å². The second-order valence-corrected chi connectivity index (χ2v) is 6.83. The van der Waals surface area contributed by atoms with Gasteiger partial charge in [0.1, 0.15) is 5.75 Å². The normalized spacial score (nSPS) is 15.0. The summed E-state index contributed by atoms with van der Waals surface area (Å²) in [5, 5.41) is 19.7. The minimum absolute atomic E-state index is 0.0146. The largest absolute Gasteiger partial charge is 0.508 e. The topological polar surface area (TPSA) is 91.7 Å². The Balaban J connectivity index is 2.06. The highest BCUT2D eigenvalue weighted by Crippen LogP contribution is 2.42. The summed E-state index contributed by atoms with van der Waals surface area (Å²) < 4.78 is 0. The van der Waals surface area contributed by atoms with Gasteiger partial charge in [-0.3, -0.25) is 9.59 Å². The molecule has 5 nitrogen and oxygen atoms in total. The number of carbonyl (C=O) groups excluding carboxylic acids is 2. The number of hydrogen-bond donors (Lipinski definition) is 2. The molecule has 0 saturated heterocycles. The van der Waals surface area contributed by atoms with Crippen LogP contribution in [0.3, 0.4) is 0 Å². The molecule has 0 bridgehead atoms. The van der Waals surface area contributed by atoms with Gasteiger partial charge in [-0.1, -0.05) is 24.3 Å². The third-order valence-corrected chi connectivity index (χ3v) is 5.01. The highest BCUT2D eigenvalue weighted by molar-refractivity contribution is 6.07. The van der Waals surface area contributed by atoms with Gasteiger partial charge >= 0.3 is 5.97 Å². The minimum Gasteiger partial charge on any atom is -0.508 e. The predicted octanol–water partition coefficient (Wildman–Crippen LogP) is 3.72. The Hall–Kier alpha value is -3.73. The van der Waals surface area contributed by atoms with E-state index in [2.05, 4.69) is 0 Å². The van der Waals surface area contributed by atoms with E-state index in [0.717, 1.165) is 22.3 Å². The van der Waals surface area contributed by atoms with Crippen molar-refractivity contribution in [3.63, 3.8) is 0 Å². The number of carbonyl (C=O) groups is 3. The van der Waals surface area contributed by atoms with Gasteiger partial charge in [-0.2, -0.15) is 0 Å². The molecule has 0 unspecified atom stereocenters. The number of ketones is 2. The smallest absolute Gasteiger partial charge is 0.336 e. The second kappa shape index (κ2) is 6.46. The fourth-order valence-corrected chi connectivity index (χ4v) is 3.73. The molecule has 138 valence electrons. The third kappa shape index (κ3) is 2.87. The number of phenols is 1. The molecule has 28 heavy (non-hydrogen) atoms. The van der Waals surface area contributed by atoms with Crippen molar-refractivity contribution in [2.24, 2.45) is 0 Å². The Labute approximate surface area is 160 Å². The van der Waals surface area contributed by atoms with E-state index in [9.17, 15) is 24.6 Å². The highest BCUT2D eigenvalue weighted by atomic mass is 16.4. The molecule has 2 aromatic rings. The minimum atomic E-state index is -1.14. The number of phenolic OH excluding ortho intramolecular Hbond substituents is 1. The van der Waals surface area contributed by atoms with Crippen molar-refractivity contribution in [3.05, 3.63) is 93.6 Å². The maximum atomic E-state index is 12.0. The second-order valence-electron chi connectivity index (χ2n) is 6.83. The number of rotatable bonds is 3. The summed E-state index contributed by atoms with van der Waals surface area (Å²) in [6.45, 7) is 1.39. The lowest BCUT2D eigenvalue weighted by Crippen LogP contribution is -2.14. The van der Waals surface area contributed by atoms with Crippen LogP contribution in [0.5, 0.6) is 5.75 Å². The fraction of sp³-hybridized carbons (Fsp3) is 0.0870. The molecule has 4 rings (SSSR count). The molecule has 0 radical (unpaired) electrons. The molecule has 0 fully saturated rings. The fourth-order valence-electron chi connectivity index (χ4n) is 3.73. The van der Waals surface area contributed by atoms with E-state index in [1.807, 2.05) is 0 Å². The van der Waals surface area contributed by atoms with Crippen LogP contribution in [-0.2, 0) is 11.2 Å². The Morgan fingerprint density at radius 3 is 2.46 bits per heavy atom. The van der Waals surface area contributed by atoms with Crippen molar-refractivity contribution in [2.75, 3.05) is 0 Å². The van der Waals surface area contributed by atoms with Crippen LogP contribution in [0, 0.1) is 0 Å². The first-order valence-corrected chi connectivity index (χ1v) is 8.73. The van der Waals surface area contributed by atoms with Gasteiger partial charge in [0.25, 0.3) is 0 Å². The first-order chi connectivity index (χ1) is 13.3. The van der Waals surface area contributed by atoms with Crippen molar-refractivity contribution in [1.82, 2.24) is 0 Å². The van der Waals surface area contributed by atoms with E-state index in [-0.39, 0.29) is 22.9 Å². The summed E-state index contributed by atoms with van der Waals surface area (Å²) in [6.07, 6.45) is 5.15. The van der Waals surface area contributed by atoms with Gasteiger partial charge in [0.05, 0.1) is 5.56 Å². The van der Waals surface area contributed by atoms with Crippen LogP contribution >= 0.6 is 0 Å². The van der Waals surface area contributed by atoms with Crippen molar-refractivity contribution in [2.45, 2.75) is 13.3 Å². The molecule has 2 N–H and O–H groups in total. The molecular formula is C23H16O5. The van der Waals surface area contributed by atoms with Crippen LogP contribution in [0.15, 0.2) is 65.8 Å². The first kappa shape index (κ1) is 17.7. The Bertz CT molecular complexity index is 1160. The maximum absolute atomic E-state index is 12.0. The number of aromatic hydroxyl groups is 1. The Kier molecular flexibility index (Phi) is 4.08. The van der Waals surface area contributed by atoms with Gasteiger partial charge in [-0.05, 0) is 77.1 Å². The first-order valence-electron chi connectivity index (χ1n) is 8.73. The van der Waals surface area contributed by atoms with E-state index in [4.69, 9.17) is 0 Å². The lowest BCUT2D eigenvalue weighted by Gasteiger charge is -2.27. The van der Waals surface area contributed by atoms with Crippen LogP contribution in [-0.4, -0.2) is 27.7 Å². The van der Waals surface area contributed by atoms with E-state index in [1.54, 1.807) is 36.4 Å². The number of benzene rings is 2. The lowest BCUT2D eigenvalue weighted by molar-refractivity contribution is -0.110. The van der Waals surface area contributed by atoms with E-state index < -0.39 is 5.97 Å². The Morgan fingerprint density at radius 2 is 1.75 bits per heavy atom. The number of fused-ring (bicyclic) bond motifs is 2. The summed E-state index contributed by atoms with van der Waals surface area (Å²) in [5.41, 5.74) is 4.61. The standard InChI is InChI=1S/C23H16O5/c1-12(24)13-2-5-20(21(11-13)23(27)28)22-18-6-3-16(25)9-14(18)8-15-10-17(26)4-7-19(15)22/h2-7,9-11,25H,8H2,1H3,(H,27,28). The van der Waals surface area contributed by atoms with Crippen LogP contribution in [0.1, 0.15) is 44.3 Å². The zero-order valence-corrected chi connectivity index (χ0v) is 15.0. The molecular weight excluding hydrogens is 356 g/mol. The van der Waals surface area contributed by atoms with Gasteiger partial charge < -0.3 is 10.2 Å². The molecule has 0 atom stereocenters. The highest BCUT2D eigenvalue weighted by Gasteiger charge is 2.28. The van der Waals surface area contributed by atoms with E-state index in [1.165, 1.54) is 25.1 Å². The number of allylic oxidation sites excluding steroid dienone is 5. The van der Waals surface area contributed by atoms with Crippen LogP contribution in [0.25, 0.3) is 5.57 Å². The number of aromatic carboxylic acids is 1. The summed E-state index contributed by atoms with van der Waals surface area (Å²) in [4.78, 5) is 35.5. The van der Waals surface area contributed by atoms with Gasteiger partial charge in [-0.15, -0.1) is 0 Å². The van der Waals surface area contributed by atoms with Crippen LogP contribution < -0.4 is 0 Å². The summed E-state index contributed by atoms with van der Waals surface area (Å²) in [5.74, 6) is -1.39. The number of hydrogen-bond acceptors (Lipinski definition) is 4. The molecule has 0 spiro atoms.